The van der Waals surface area contributed by atoms with Crippen LogP contribution in [0.5, 0.6) is 0 Å². The lowest BCUT2D eigenvalue weighted by Crippen LogP contribution is -2.37. The van der Waals surface area contributed by atoms with Crippen LogP contribution in [0, 0.1) is 12.7 Å². The molecule has 2 aromatic rings. The molecule has 24 heavy (non-hydrogen) atoms. The van der Waals surface area contributed by atoms with Crippen LogP contribution < -0.4 is 5.32 Å². The van der Waals surface area contributed by atoms with Gasteiger partial charge in [-0.3, -0.25) is 19.7 Å². The number of hydrogen-bond donors (Lipinski definition) is 1. The Morgan fingerprint density at radius 3 is 2.67 bits per heavy atom. The normalized spacial score (nSPS) is 17.2. The first kappa shape index (κ1) is 15.9. The van der Waals surface area contributed by atoms with E-state index in [1.165, 1.54) is 29.3 Å². The minimum absolute atomic E-state index is 0.0789. The first-order chi connectivity index (χ1) is 11.4. The van der Waals surface area contributed by atoms with E-state index < -0.39 is 6.04 Å². The van der Waals surface area contributed by atoms with Crippen LogP contribution >= 0.6 is 0 Å². The summed E-state index contributed by atoms with van der Waals surface area (Å²) in [4.78, 5) is 25.8. The van der Waals surface area contributed by atoms with Gasteiger partial charge in [-0.15, -0.1) is 0 Å². The molecule has 0 saturated heterocycles. The third kappa shape index (κ3) is 3.19. The van der Waals surface area contributed by atoms with E-state index in [1.54, 1.807) is 29.9 Å². The quantitative estimate of drug-likeness (QED) is 0.922. The average Bonchev–Trinajstić information content (AvgIpc) is 2.85. The molecule has 124 valence electrons. The van der Waals surface area contributed by atoms with Crippen LogP contribution in [-0.4, -0.2) is 26.5 Å². The maximum Gasteiger partial charge on any atom is 0.327 e. The Kier molecular flexibility index (Phi) is 4.16. The molecule has 0 bridgehead atoms. The van der Waals surface area contributed by atoms with Crippen molar-refractivity contribution in [1.29, 1.82) is 0 Å². The number of aryl methyl sites for hydroxylation is 2. The van der Waals surface area contributed by atoms with E-state index in [1.807, 2.05) is 6.92 Å². The summed E-state index contributed by atoms with van der Waals surface area (Å²) in [5.41, 5.74) is 1.48. The van der Waals surface area contributed by atoms with Gasteiger partial charge in [0.15, 0.2) is 5.78 Å². The van der Waals surface area contributed by atoms with E-state index in [0.717, 1.165) is 5.69 Å². The standard InChI is InChI=1S/C17H17FN4O2/c1-11-9-16(21(2)20-11)19-17(24)22-8-7-14(23)10-15(22)12-3-5-13(18)6-4-12/h3-9,15H,10H2,1-2H3,(H,19,24). The van der Waals surface area contributed by atoms with Crippen molar-refractivity contribution in [2.45, 2.75) is 19.4 Å². The molecule has 1 N–H and O–H groups in total. The van der Waals surface area contributed by atoms with Crippen LogP contribution in [0.4, 0.5) is 15.0 Å². The van der Waals surface area contributed by atoms with Gasteiger partial charge in [0.1, 0.15) is 11.6 Å². The van der Waals surface area contributed by atoms with Gasteiger partial charge in [0, 0.05) is 25.7 Å². The fourth-order valence-electron chi connectivity index (χ4n) is 2.70. The van der Waals surface area contributed by atoms with Gasteiger partial charge in [-0.2, -0.15) is 5.10 Å². The van der Waals surface area contributed by atoms with Crippen molar-refractivity contribution in [3.05, 3.63) is 59.7 Å². The molecule has 7 heteroatoms. The lowest BCUT2D eigenvalue weighted by molar-refractivity contribution is -0.116. The van der Waals surface area contributed by atoms with Gasteiger partial charge in [-0.05, 0) is 30.7 Å². The molecule has 0 spiro atoms. The number of benzene rings is 1. The van der Waals surface area contributed by atoms with Crippen molar-refractivity contribution in [1.82, 2.24) is 14.7 Å². The number of carbonyl (C=O) groups is 2. The fourth-order valence-corrected chi connectivity index (χ4v) is 2.70. The molecule has 0 fully saturated rings. The van der Waals surface area contributed by atoms with Crippen LogP contribution in [0.2, 0.25) is 0 Å². The average molecular weight is 328 g/mol. The monoisotopic (exact) mass is 328 g/mol. The van der Waals surface area contributed by atoms with E-state index in [4.69, 9.17) is 0 Å². The van der Waals surface area contributed by atoms with Gasteiger partial charge in [0.2, 0.25) is 0 Å². The summed E-state index contributed by atoms with van der Waals surface area (Å²) >= 11 is 0. The lowest BCUT2D eigenvalue weighted by Gasteiger charge is -2.31. The first-order valence-corrected chi connectivity index (χ1v) is 7.50. The predicted molar refractivity (Wildman–Crippen MR) is 86.7 cm³/mol. The van der Waals surface area contributed by atoms with Crippen molar-refractivity contribution < 1.29 is 14.0 Å². The van der Waals surface area contributed by atoms with Crippen molar-refractivity contribution in [2.24, 2.45) is 7.05 Å². The number of ketones is 1. The van der Waals surface area contributed by atoms with Crippen LogP contribution in [0.1, 0.15) is 23.7 Å². The number of aromatic nitrogens is 2. The topological polar surface area (TPSA) is 67.2 Å². The third-order valence-corrected chi connectivity index (χ3v) is 3.88. The summed E-state index contributed by atoms with van der Waals surface area (Å²) in [5.74, 6) is 0.114. The fraction of sp³-hybridized carbons (Fsp3) is 0.235. The van der Waals surface area contributed by atoms with Crippen molar-refractivity contribution in [2.75, 3.05) is 5.32 Å². The van der Waals surface area contributed by atoms with Crippen LogP contribution in [-0.2, 0) is 11.8 Å². The zero-order chi connectivity index (χ0) is 17.3. The number of amides is 2. The van der Waals surface area contributed by atoms with Crippen LogP contribution in [0.3, 0.4) is 0 Å². The second-order valence-corrected chi connectivity index (χ2v) is 5.69. The largest absolute Gasteiger partial charge is 0.327 e. The highest BCUT2D eigenvalue weighted by Gasteiger charge is 2.29. The zero-order valence-corrected chi connectivity index (χ0v) is 13.4. The Balaban J connectivity index is 1.86. The number of nitrogens with one attached hydrogen (secondary N) is 1. The molecule has 1 atom stereocenters. The Hall–Kier alpha value is -2.96. The number of rotatable bonds is 2. The molecular weight excluding hydrogens is 311 g/mol. The number of nitrogens with zero attached hydrogens (tertiary/aromatic N) is 3. The van der Waals surface area contributed by atoms with Gasteiger partial charge in [-0.1, -0.05) is 12.1 Å². The SMILES string of the molecule is Cc1cc(NC(=O)N2C=CC(=O)CC2c2ccc(F)cc2)n(C)n1. The summed E-state index contributed by atoms with van der Waals surface area (Å²) in [6, 6.07) is 6.71. The number of anilines is 1. The minimum Gasteiger partial charge on any atom is -0.295 e. The van der Waals surface area contributed by atoms with E-state index >= 15 is 0 Å². The van der Waals surface area contributed by atoms with Gasteiger partial charge in [0.05, 0.1) is 11.7 Å². The molecule has 1 aliphatic heterocycles. The lowest BCUT2D eigenvalue weighted by atomic mass is 9.97. The maximum absolute atomic E-state index is 13.1. The second kappa shape index (κ2) is 6.27. The summed E-state index contributed by atoms with van der Waals surface area (Å²) in [6.07, 6.45) is 2.98. The minimum atomic E-state index is -0.475. The molecular formula is C17H17FN4O2. The van der Waals surface area contributed by atoms with Crippen molar-refractivity contribution in [3.63, 3.8) is 0 Å². The molecule has 1 unspecified atom stereocenters. The Labute approximate surface area is 138 Å². The van der Waals surface area contributed by atoms with Gasteiger partial charge in [0.25, 0.3) is 0 Å². The molecule has 1 aromatic carbocycles. The maximum atomic E-state index is 13.1. The van der Waals surface area contributed by atoms with Crippen LogP contribution in [0.15, 0.2) is 42.6 Å². The smallest absolute Gasteiger partial charge is 0.295 e. The Morgan fingerprint density at radius 2 is 2.04 bits per heavy atom. The number of allylic oxidation sites excluding steroid dienone is 1. The van der Waals surface area contributed by atoms with E-state index in [-0.39, 0.29) is 24.1 Å². The highest BCUT2D eigenvalue weighted by Crippen LogP contribution is 2.29. The molecule has 0 saturated carbocycles. The third-order valence-electron chi connectivity index (χ3n) is 3.88. The number of urea groups is 1. The molecule has 0 aliphatic carbocycles. The zero-order valence-electron chi connectivity index (χ0n) is 13.4. The molecule has 3 rings (SSSR count). The van der Waals surface area contributed by atoms with E-state index in [2.05, 4.69) is 10.4 Å². The van der Waals surface area contributed by atoms with E-state index in [9.17, 15) is 14.0 Å². The summed E-state index contributed by atoms with van der Waals surface area (Å²) in [5, 5.41) is 6.96. The summed E-state index contributed by atoms with van der Waals surface area (Å²) in [6.45, 7) is 1.83. The molecule has 6 nitrogen and oxygen atoms in total. The predicted octanol–water partition coefficient (Wildman–Crippen LogP) is 2.93. The van der Waals surface area contributed by atoms with Crippen molar-refractivity contribution in [3.8, 4) is 0 Å². The van der Waals surface area contributed by atoms with Gasteiger partial charge >= 0.3 is 6.03 Å². The second-order valence-electron chi connectivity index (χ2n) is 5.69. The number of halogens is 1. The number of carbonyl (C=O) groups excluding carboxylic acids is 2. The molecule has 1 aromatic heterocycles. The highest BCUT2D eigenvalue weighted by molar-refractivity contribution is 5.95. The first-order valence-electron chi connectivity index (χ1n) is 7.50. The number of hydrogen-bond acceptors (Lipinski definition) is 3. The molecule has 0 radical (unpaired) electrons. The van der Waals surface area contributed by atoms with Crippen LogP contribution in [0.25, 0.3) is 0 Å². The highest BCUT2D eigenvalue weighted by atomic mass is 19.1. The van der Waals surface area contributed by atoms with E-state index in [0.29, 0.717) is 11.4 Å². The van der Waals surface area contributed by atoms with Gasteiger partial charge < -0.3 is 0 Å². The van der Waals surface area contributed by atoms with Gasteiger partial charge in [-0.25, -0.2) is 9.18 Å². The molecule has 1 aliphatic rings. The Morgan fingerprint density at radius 1 is 1.33 bits per heavy atom. The Bertz CT molecular complexity index is 810. The molecule has 2 heterocycles. The summed E-state index contributed by atoms with van der Waals surface area (Å²) in [7, 11) is 1.73. The van der Waals surface area contributed by atoms with Crippen molar-refractivity contribution >= 4 is 17.6 Å². The summed E-state index contributed by atoms with van der Waals surface area (Å²) < 4.78 is 14.7. The molecule has 2 amide bonds.